The van der Waals surface area contributed by atoms with Gasteiger partial charge in [0.05, 0.1) is 36.4 Å². The van der Waals surface area contributed by atoms with Crippen molar-refractivity contribution in [2.75, 3.05) is 18.5 Å². The van der Waals surface area contributed by atoms with Crippen LogP contribution in [-0.2, 0) is 11.3 Å². The molecule has 0 aliphatic carbocycles. The zero-order valence-electron chi connectivity index (χ0n) is 11.4. The van der Waals surface area contributed by atoms with Crippen molar-refractivity contribution in [2.24, 2.45) is 0 Å². The summed E-state index contributed by atoms with van der Waals surface area (Å²) in [5.74, 6) is 1.20. The molecule has 1 aliphatic heterocycles. The van der Waals surface area contributed by atoms with Crippen molar-refractivity contribution >= 4 is 5.82 Å². The van der Waals surface area contributed by atoms with E-state index in [1.54, 1.807) is 18.7 Å². The third-order valence-electron chi connectivity index (χ3n) is 3.32. The highest BCUT2D eigenvalue weighted by molar-refractivity contribution is 5.36. The summed E-state index contributed by atoms with van der Waals surface area (Å²) in [7, 11) is 0. The first kappa shape index (κ1) is 12.9. The SMILES string of the molecule is Cc1cnc(CNc2cc(C3CCOC3)ncn2)cn1. The zero-order valence-corrected chi connectivity index (χ0v) is 11.4. The van der Waals surface area contributed by atoms with Crippen LogP contribution in [0.1, 0.15) is 29.4 Å². The van der Waals surface area contributed by atoms with Gasteiger partial charge in [0.2, 0.25) is 0 Å². The molecule has 104 valence electrons. The molecule has 2 aromatic rings. The molecule has 0 bridgehead atoms. The maximum Gasteiger partial charge on any atom is 0.129 e. The number of aryl methyl sites for hydroxylation is 1. The average molecular weight is 271 g/mol. The van der Waals surface area contributed by atoms with Crippen molar-refractivity contribution in [3.05, 3.63) is 41.9 Å². The number of ether oxygens (including phenoxy) is 1. The Morgan fingerprint density at radius 2 is 2.20 bits per heavy atom. The van der Waals surface area contributed by atoms with Gasteiger partial charge < -0.3 is 10.1 Å². The fraction of sp³-hybridized carbons (Fsp3) is 0.429. The van der Waals surface area contributed by atoms with Gasteiger partial charge in [-0.05, 0) is 13.3 Å². The maximum atomic E-state index is 5.39. The van der Waals surface area contributed by atoms with Crippen LogP contribution in [0.5, 0.6) is 0 Å². The Kier molecular flexibility index (Phi) is 3.83. The first-order chi connectivity index (χ1) is 9.81. The maximum absolute atomic E-state index is 5.39. The minimum Gasteiger partial charge on any atom is -0.381 e. The Balaban J connectivity index is 1.65. The second kappa shape index (κ2) is 5.92. The highest BCUT2D eigenvalue weighted by Crippen LogP contribution is 2.24. The molecule has 2 aromatic heterocycles. The molecule has 0 aromatic carbocycles. The highest BCUT2D eigenvalue weighted by Gasteiger charge is 2.19. The van der Waals surface area contributed by atoms with Crippen molar-refractivity contribution in [1.29, 1.82) is 0 Å². The number of nitrogens with one attached hydrogen (secondary N) is 1. The Labute approximate surface area is 117 Å². The highest BCUT2D eigenvalue weighted by atomic mass is 16.5. The summed E-state index contributed by atoms with van der Waals surface area (Å²) < 4.78 is 5.39. The van der Waals surface area contributed by atoms with Gasteiger partial charge in [0.15, 0.2) is 0 Å². The van der Waals surface area contributed by atoms with Crippen LogP contribution in [0.3, 0.4) is 0 Å². The smallest absolute Gasteiger partial charge is 0.129 e. The Hall–Kier alpha value is -2.08. The van der Waals surface area contributed by atoms with Crippen LogP contribution in [0.2, 0.25) is 0 Å². The molecule has 1 atom stereocenters. The van der Waals surface area contributed by atoms with Crippen LogP contribution in [0.4, 0.5) is 5.82 Å². The molecule has 6 heteroatoms. The van der Waals surface area contributed by atoms with E-state index in [2.05, 4.69) is 25.3 Å². The zero-order chi connectivity index (χ0) is 13.8. The first-order valence-corrected chi connectivity index (χ1v) is 6.72. The summed E-state index contributed by atoms with van der Waals surface area (Å²) in [5.41, 5.74) is 2.84. The quantitative estimate of drug-likeness (QED) is 0.912. The van der Waals surface area contributed by atoms with Crippen LogP contribution in [0.15, 0.2) is 24.8 Å². The second-order valence-electron chi connectivity index (χ2n) is 4.89. The monoisotopic (exact) mass is 271 g/mol. The Morgan fingerprint density at radius 1 is 1.25 bits per heavy atom. The molecule has 20 heavy (non-hydrogen) atoms. The van der Waals surface area contributed by atoms with E-state index in [1.165, 1.54) is 0 Å². The van der Waals surface area contributed by atoms with Crippen LogP contribution < -0.4 is 5.32 Å². The number of rotatable bonds is 4. The van der Waals surface area contributed by atoms with E-state index in [0.29, 0.717) is 12.5 Å². The molecule has 3 heterocycles. The second-order valence-corrected chi connectivity index (χ2v) is 4.89. The van der Waals surface area contributed by atoms with Crippen molar-refractivity contribution in [1.82, 2.24) is 19.9 Å². The molecule has 3 rings (SSSR count). The molecule has 6 nitrogen and oxygen atoms in total. The van der Waals surface area contributed by atoms with E-state index < -0.39 is 0 Å². The summed E-state index contributed by atoms with van der Waals surface area (Å²) in [5, 5.41) is 3.25. The third kappa shape index (κ3) is 3.08. The number of anilines is 1. The number of aromatic nitrogens is 4. The molecule has 1 unspecified atom stereocenters. The summed E-state index contributed by atoms with van der Waals surface area (Å²) in [4.78, 5) is 17.1. The van der Waals surface area contributed by atoms with Crippen molar-refractivity contribution in [3.63, 3.8) is 0 Å². The molecule has 1 N–H and O–H groups in total. The average Bonchev–Trinajstić information content (AvgIpc) is 3.01. The van der Waals surface area contributed by atoms with E-state index in [1.807, 2.05) is 13.0 Å². The van der Waals surface area contributed by atoms with Crippen molar-refractivity contribution in [3.8, 4) is 0 Å². The molecule has 0 amide bonds. The fourth-order valence-electron chi connectivity index (χ4n) is 2.15. The van der Waals surface area contributed by atoms with E-state index >= 15 is 0 Å². The van der Waals surface area contributed by atoms with Gasteiger partial charge >= 0.3 is 0 Å². The van der Waals surface area contributed by atoms with Crippen LogP contribution >= 0.6 is 0 Å². The lowest BCUT2D eigenvalue weighted by atomic mass is 10.1. The van der Waals surface area contributed by atoms with Gasteiger partial charge in [0, 0.05) is 24.8 Å². The molecular formula is C14H17N5O. The summed E-state index contributed by atoms with van der Waals surface area (Å²) in [6.07, 6.45) is 6.16. The van der Waals surface area contributed by atoms with Gasteiger partial charge in [-0.3, -0.25) is 9.97 Å². The predicted molar refractivity (Wildman–Crippen MR) is 74.3 cm³/mol. The van der Waals surface area contributed by atoms with Crippen molar-refractivity contribution in [2.45, 2.75) is 25.8 Å². The van der Waals surface area contributed by atoms with E-state index in [9.17, 15) is 0 Å². The lowest BCUT2D eigenvalue weighted by Gasteiger charge is -2.09. The van der Waals surface area contributed by atoms with Gasteiger partial charge in [-0.15, -0.1) is 0 Å². The predicted octanol–water partition coefficient (Wildman–Crippen LogP) is 1.69. The van der Waals surface area contributed by atoms with Crippen LogP contribution in [0, 0.1) is 6.92 Å². The summed E-state index contributed by atoms with van der Waals surface area (Å²) in [6.45, 7) is 4.09. The van der Waals surface area contributed by atoms with Crippen molar-refractivity contribution < 1.29 is 4.74 Å². The molecule has 1 fully saturated rings. The van der Waals surface area contributed by atoms with E-state index in [4.69, 9.17) is 4.74 Å². The Morgan fingerprint density at radius 3 is 2.95 bits per heavy atom. The lowest BCUT2D eigenvalue weighted by Crippen LogP contribution is -2.07. The normalized spacial score (nSPS) is 18.1. The molecule has 0 radical (unpaired) electrons. The first-order valence-electron chi connectivity index (χ1n) is 6.72. The molecular weight excluding hydrogens is 254 g/mol. The molecule has 0 spiro atoms. The number of nitrogens with zero attached hydrogens (tertiary/aromatic N) is 4. The topological polar surface area (TPSA) is 72.8 Å². The molecule has 1 saturated heterocycles. The fourth-order valence-corrected chi connectivity index (χ4v) is 2.15. The number of hydrogen-bond donors (Lipinski definition) is 1. The number of hydrogen-bond acceptors (Lipinski definition) is 6. The van der Waals surface area contributed by atoms with Crippen LogP contribution in [0.25, 0.3) is 0 Å². The van der Waals surface area contributed by atoms with E-state index in [-0.39, 0.29) is 0 Å². The van der Waals surface area contributed by atoms with Gasteiger partial charge in [0.25, 0.3) is 0 Å². The largest absolute Gasteiger partial charge is 0.381 e. The lowest BCUT2D eigenvalue weighted by molar-refractivity contribution is 0.193. The minimum atomic E-state index is 0.387. The van der Waals surface area contributed by atoms with Gasteiger partial charge in [-0.25, -0.2) is 9.97 Å². The Bertz CT molecular complexity index is 566. The standard InChI is InChI=1S/C14H17N5O/c1-10-5-16-12(6-15-10)7-17-14-4-13(18-9-19-14)11-2-3-20-8-11/h4-6,9,11H,2-3,7-8H2,1H3,(H,17,18,19). The molecule has 1 aliphatic rings. The van der Waals surface area contributed by atoms with Gasteiger partial charge in [0.1, 0.15) is 12.1 Å². The van der Waals surface area contributed by atoms with Gasteiger partial charge in [-0.1, -0.05) is 0 Å². The third-order valence-corrected chi connectivity index (χ3v) is 3.32. The summed E-state index contributed by atoms with van der Waals surface area (Å²) >= 11 is 0. The minimum absolute atomic E-state index is 0.387. The van der Waals surface area contributed by atoms with Gasteiger partial charge in [-0.2, -0.15) is 0 Å². The van der Waals surface area contributed by atoms with Crippen LogP contribution in [-0.4, -0.2) is 33.1 Å². The summed E-state index contributed by atoms with van der Waals surface area (Å²) in [6, 6.07) is 1.99. The molecule has 0 saturated carbocycles. The van der Waals surface area contributed by atoms with E-state index in [0.717, 1.165) is 42.5 Å².